The number of hydrogen-bond donors (Lipinski definition) is 0. The number of aryl methyl sites for hydroxylation is 1. The van der Waals surface area contributed by atoms with Gasteiger partial charge in [0.25, 0.3) is 0 Å². The lowest BCUT2D eigenvalue weighted by molar-refractivity contribution is -0.151. The van der Waals surface area contributed by atoms with Gasteiger partial charge in [0.1, 0.15) is 6.23 Å². The molecule has 1 aromatic rings. The first kappa shape index (κ1) is 15.6. The molecular formula is C16H23NO4. The number of amides is 1. The molecule has 0 N–H and O–H groups in total. The maximum atomic E-state index is 12.2. The Balaban J connectivity index is 1.94. The topological polar surface area (TPSA) is 48.0 Å². The summed E-state index contributed by atoms with van der Waals surface area (Å²) in [7, 11) is 3.22. The van der Waals surface area contributed by atoms with Crippen molar-refractivity contribution in [3.05, 3.63) is 23.8 Å². The van der Waals surface area contributed by atoms with Crippen LogP contribution in [0.25, 0.3) is 0 Å². The number of methoxy groups -OCH3 is 2. The fourth-order valence-electron chi connectivity index (χ4n) is 2.52. The van der Waals surface area contributed by atoms with Gasteiger partial charge in [0.15, 0.2) is 11.5 Å². The average molecular weight is 293 g/mol. The fraction of sp³-hybridized carbons (Fsp3) is 0.562. The first-order valence-electron chi connectivity index (χ1n) is 7.27. The van der Waals surface area contributed by atoms with Crippen LogP contribution in [0.4, 0.5) is 0 Å². The number of rotatable bonds is 5. The van der Waals surface area contributed by atoms with Crippen LogP contribution in [0, 0.1) is 0 Å². The van der Waals surface area contributed by atoms with Crippen LogP contribution >= 0.6 is 0 Å². The van der Waals surface area contributed by atoms with Gasteiger partial charge in [-0.2, -0.15) is 0 Å². The highest BCUT2D eigenvalue weighted by Crippen LogP contribution is 2.28. The van der Waals surface area contributed by atoms with Crippen molar-refractivity contribution < 1.29 is 19.0 Å². The molecule has 1 atom stereocenters. The van der Waals surface area contributed by atoms with E-state index in [4.69, 9.17) is 14.2 Å². The first-order valence-corrected chi connectivity index (χ1v) is 7.27. The van der Waals surface area contributed by atoms with Crippen molar-refractivity contribution in [3.63, 3.8) is 0 Å². The zero-order valence-electron chi connectivity index (χ0n) is 12.9. The minimum absolute atomic E-state index is 0.114. The monoisotopic (exact) mass is 293 g/mol. The number of carbonyl (C=O) groups excluding carboxylic acids is 1. The van der Waals surface area contributed by atoms with E-state index in [1.807, 2.05) is 30.0 Å². The molecule has 1 fully saturated rings. The van der Waals surface area contributed by atoms with E-state index in [0.29, 0.717) is 24.3 Å². The van der Waals surface area contributed by atoms with Crippen LogP contribution in [0.5, 0.6) is 11.5 Å². The lowest BCUT2D eigenvalue weighted by Crippen LogP contribution is -2.44. The second-order valence-corrected chi connectivity index (χ2v) is 5.10. The number of nitrogens with zero attached hydrogens (tertiary/aromatic N) is 1. The molecule has 0 aliphatic carbocycles. The van der Waals surface area contributed by atoms with Gasteiger partial charge in [-0.15, -0.1) is 0 Å². The Hall–Kier alpha value is -1.75. The van der Waals surface area contributed by atoms with Crippen LogP contribution in [0.1, 0.15) is 25.3 Å². The van der Waals surface area contributed by atoms with Crippen molar-refractivity contribution in [1.82, 2.24) is 4.90 Å². The van der Waals surface area contributed by atoms with Crippen molar-refractivity contribution in [3.8, 4) is 11.5 Å². The third-order valence-electron chi connectivity index (χ3n) is 3.74. The van der Waals surface area contributed by atoms with E-state index in [1.165, 1.54) is 0 Å². The third-order valence-corrected chi connectivity index (χ3v) is 3.74. The Morgan fingerprint density at radius 3 is 2.76 bits per heavy atom. The minimum Gasteiger partial charge on any atom is -0.493 e. The number of hydrogen-bond acceptors (Lipinski definition) is 4. The van der Waals surface area contributed by atoms with Crippen LogP contribution in [-0.2, 0) is 16.0 Å². The van der Waals surface area contributed by atoms with E-state index in [9.17, 15) is 4.79 Å². The van der Waals surface area contributed by atoms with Crippen LogP contribution in [0.3, 0.4) is 0 Å². The number of carbonyl (C=O) groups is 1. The van der Waals surface area contributed by atoms with E-state index >= 15 is 0 Å². The molecule has 1 aromatic carbocycles. The summed E-state index contributed by atoms with van der Waals surface area (Å²) in [5.74, 6) is 1.53. The van der Waals surface area contributed by atoms with Crippen molar-refractivity contribution in [2.75, 3.05) is 27.4 Å². The normalized spacial score (nSPS) is 18.4. The molecule has 1 unspecified atom stereocenters. The van der Waals surface area contributed by atoms with Gasteiger partial charge in [-0.1, -0.05) is 6.07 Å². The molecule has 5 nitrogen and oxygen atoms in total. The largest absolute Gasteiger partial charge is 0.493 e. The molecule has 116 valence electrons. The summed E-state index contributed by atoms with van der Waals surface area (Å²) >= 11 is 0. The molecule has 1 aliphatic heterocycles. The lowest BCUT2D eigenvalue weighted by Gasteiger charge is -2.33. The zero-order chi connectivity index (χ0) is 15.2. The Morgan fingerprint density at radius 2 is 2.10 bits per heavy atom. The van der Waals surface area contributed by atoms with Gasteiger partial charge in [0.2, 0.25) is 5.91 Å². The van der Waals surface area contributed by atoms with Crippen LogP contribution in [0.15, 0.2) is 18.2 Å². The average Bonchev–Trinajstić information content (AvgIpc) is 2.52. The van der Waals surface area contributed by atoms with Crippen LogP contribution in [-0.4, -0.2) is 44.4 Å². The molecule has 0 aromatic heterocycles. The van der Waals surface area contributed by atoms with Crippen LogP contribution < -0.4 is 9.47 Å². The molecule has 1 saturated heterocycles. The predicted molar refractivity (Wildman–Crippen MR) is 79.6 cm³/mol. The maximum Gasteiger partial charge on any atom is 0.224 e. The Morgan fingerprint density at radius 1 is 1.33 bits per heavy atom. The highest BCUT2D eigenvalue weighted by molar-refractivity contribution is 5.76. The molecule has 1 heterocycles. The van der Waals surface area contributed by atoms with Crippen molar-refractivity contribution in [2.24, 2.45) is 0 Å². The van der Waals surface area contributed by atoms with E-state index < -0.39 is 0 Å². The highest BCUT2D eigenvalue weighted by atomic mass is 16.5. The van der Waals surface area contributed by atoms with Gasteiger partial charge in [0, 0.05) is 13.0 Å². The summed E-state index contributed by atoms with van der Waals surface area (Å²) in [5, 5.41) is 0. The highest BCUT2D eigenvalue weighted by Gasteiger charge is 2.23. The summed E-state index contributed by atoms with van der Waals surface area (Å²) in [5.41, 5.74) is 1.06. The SMILES string of the molecule is COc1ccc(CCC(=O)N2CCCOC2C)cc1OC. The second-order valence-electron chi connectivity index (χ2n) is 5.10. The molecule has 1 aliphatic rings. The molecule has 21 heavy (non-hydrogen) atoms. The molecule has 0 radical (unpaired) electrons. The van der Waals surface area contributed by atoms with E-state index in [-0.39, 0.29) is 12.1 Å². The summed E-state index contributed by atoms with van der Waals surface area (Å²) in [4.78, 5) is 14.1. The second kappa shape index (κ2) is 7.31. The number of ether oxygens (including phenoxy) is 3. The zero-order valence-corrected chi connectivity index (χ0v) is 12.9. The fourth-order valence-corrected chi connectivity index (χ4v) is 2.52. The minimum atomic E-state index is -0.114. The molecule has 2 rings (SSSR count). The summed E-state index contributed by atoms with van der Waals surface area (Å²) in [6.07, 6.45) is 1.95. The molecule has 0 bridgehead atoms. The van der Waals surface area contributed by atoms with Gasteiger partial charge in [-0.3, -0.25) is 4.79 Å². The molecule has 1 amide bonds. The summed E-state index contributed by atoms with van der Waals surface area (Å²) in [6.45, 7) is 3.44. The van der Waals surface area contributed by atoms with E-state index in [1.54, 1.807) is 14.2 Å². The van der Waals surface area contributed by atoms with Gasteiger partial charge in [-0.05, 0) is 37.5 Å². The van der Waals surface area contributed by atoms with Gasteiger partial charge < -0.3 is 19.1 Å². The number of benzene rings is 1. The lowest BCUT2D eigenvalue weighted by atomic mass is 10.1. The van der Waals surface area contributed by atoms with Crippen LogP contribution in [0.2, 0.25) is 0 Å². The Kier molecular flexibility index (Phi) is 5.44. The standard InChI is InChI=1S/C16H23NO4/c1-12-17(9-4-10-21-12)16(18)8-6-13-5-7-14(19-2)15(11-13)20-3/h5,7,11-12H,4,6,8-10H2,1-3H3. The summed E-state index contributed by atoms with van der Waals surface area (Å²) < 4.78 is 16.0. The quantitative estimate of drug-likeness (QED) is 0.835. The van der Waals surface area contributed by atoms with E-state index in [0.717, 1.165) is 25.1 Å². The molecular weight excluding hydrogens is 270 g/mol. The van der Waals surface area contributed by atoms with Gasteiger partial charge >= 0.3 is 0 Å². The Bertz CT molecular complexity index is 489. The molecule has 0 saturated carbocycles. The smallest absolute Gasteiger partial charge is 0.224 e. The van der Waals surface area contributed by atoms with Crippen molar-refractivity contribution in [1.29, 1.82) is 0 Å². The predicted octanol–water partition coefficient (Wildman–Crippen LogP) is 2.23. The van der Waals surface area contributed by atoms with Crippen molar-refractivity contribution in [2.45, 2.75) is 32.4 Å². The van der Waals surface area contributed by atoms with E-state index in [2.05, 4.69) is 0 Å². The Labute approximate surface area is 125 Å². The van der Waals surface area contributed by atoms with Gasteiger partial charge in [-0.25, -0.2) is 0 Å². The third kappa shape index (κ3) is 3.88. The van der Waals surface area contributed by atoms with Crippen molar-refractivity contribution >= 4 is 5.91 Å². The van der Waals surface area contributed by atoms with Gasteiger partial charge in [0.05, 0.1) is 20.8 Å². The molecule has 0 spiro atoms. The molecule has 5 heteroatoms. The first-order chi connectivity index (χ1) is 10.2. The maximum absolute atomic E-state index is 12.2. The summed E-state index contributed by atoms with van der Waals surface area (Å²) in [6, 6.07) is 5.75.